The normalized spacial score (nSPS) is 12.6. The molecule has 11 heteroatoms. The fourth-order valence-corrected chi connectivity index (χ4v) is 3.35. The molecule has 0 fully saturated rings. The number of halogens is 6. The van der Waals surface area contributed by atoms with Crippen LogP contribution in [0.4, 0.5) is 26.3 Å². The van der Waals surface area contributed by atoms with Gasteiger partial charge in [0, 0.05) is 16.3 Å². The summed E-state index contributed by atoms with van der Waals surface area (Å²) < 4.78 is 91.1. The van der Waals surface area contributed by atoms with Gasteiger partial charge in [-0.2, -0.15) is 26.3 Å². The minimum atomic E-state index is -5.76. The molecule has 0 aliphatic carbocycles. The minimum absolute atomic E-state index is 0.0624. The van der Waals surface area contributed by atoms with Crippen LogP contribution in [-0.4, -0.2) is 42.6 Å². The second-order valence-corrected chi connectivity index (χ2v) is 6.27. The number of alkyl halides is 6. The first-order valence-corrected chi connectivity index (χ1v) is 8.25. The highest BCUT2D eigenvalue weighted by atomic mass is 19.4. The summed E-state index contributed by atoms with van der Waals surface area (Å²) in [4.78, 5) is 16.1. The highest BCUT2D eigenvalue weighted by Gasteiger charge is 2.59. The molecule has 1 aromatic heterocycles. The summed E-state index contributed by atoms with van der Waals surface area (Å²) in [5, 5.41) is 8.77. The third-order valence-electron chi connectivity index (χ3n) is 4.52. The maximum Gasteiger partial charge on any atom is 0.404 e. The monoisotopic (exact) mass is 433 g/mol. The number of carboxylic acid groups (broad SMARTS) is 1. The molecule has 0 radical (unpaired) electrons. The zero-order valence-corrected chi connectivity index (χ0v) is 15.4. The largest absolute Gasteiger partial charge is 0.497 e. The molecule has 1 N–H and O–H groups in total. The molecule has 0 aliphatic rings. The van der Waals surface area contributed by atoms with Gasteiger partial charge < -0.3 is 14.6 Å². The lowest BCUT2D eigenvalue weighted by Gasteiger charge is -2.26. The maximum atomic E-state index is 13.5. The first-order chi connectivity index (χ1) is 13.9. The molecule has 2 aromatic carbocycles. The second-order valence-electron chi connectivity index (χ2n) is 6.27. The van der Waals surface area contributed by atoms with E-state index in [1.807, 2.05) is 0 Å². The van der Waals surface area contributed by atoms with E-state index in [-0.39, 0.29) is 22.2 Å². The van der Waals surface area contributed by atoms with Gasteiger partial charge >= 0.3 is 18.3 Å². The highest BCUT2D eigenvalue weighted by molar-refractivity contribution is 6.15. The quantitative estimate of drug-likeness (QED) is 0.446. The number of benzene rings is 2. The fraction of sp³-hybridized carbons (Fsp3) is 0.263. The Balaban J connectivity index is 2.61. The number of ether oxygens (including phenoxy) is 2. The van der Waals surface area contributed by atoms with Crippen molar-refractivity contribution < 1.29 is 45.7 Å². The van der Waals surface area contributed by atoms with Crippen LogP contribution in [0.1, 0.15) is 21.8 Å². The van der Waals surface area contributed by atoms with Gasteiger partial charge in [0.1, 0.15) is 11.5 Å². The van der Waals surface area contributed by atoms with Crippen molar-refractivity contribution in [3.63, 3.8) is 0 Å². The lowest BCUT2D eigenvalue weighted by Crippen LogP contribution is -2.34. The van der Waals surface area contributed by atoms with Gasteiger partial charge in [0.15, 0.2) is 5.92 Å². The molecule has 0 saturated carbocycles. The molecular weight excluding hydrogens is 420 g/mol. The lowest BCUT2D eigenvalue weighted by atomic mass is 9.89. The van der Waals surface area contributed by atoms with E-state index in [0.717, 1.165) is 19.2 Å². The van der Waals surface area contributed by atoms with Gasteiger partial charge in [-0.15, -0.1) is 0 Å². The Bertz CT molecular complexity index is 1130. The molecule has 0 unspecified atom stereocenters. The number of rotatable bonds is 4. The van der Waals surface area contributed by atoms with E-state index < -0.39 is 46.5 Å². The maximum absolute atomic E-state index is 13.5. The molecule has 30 heavy (non-hydrogen) atoms. The summed E-state index contributed by atoms with van der Waals surface area (Å²) in [5.41, 5.74) is -2.40. The number of carboxylic acids is 1. The second kappa shape index (κ2) is 7.22. The van der Waals surface area contributed by atoms with Crippen LogP contribution in [0.3, 0.4) is 0 Å². The highest BCUT2D eigenvalue weighted by Crippen LogP contribution is 2.52. The van der Waals surface area contributed by atoms with Gasteiger partial charge in [0.25, 0.3) is 0 Å². The molecule has 1 heterocycles. The number of hydrogen-bond donors (Lipinski definition) is 1. The number of aromatic carboxylic acids is 1. The van der Waals surface area contributed by atoms with Crippen LogP contribution in [0.5, 0.6) is 11.5 Å². The van der Waals surface area contributed by atoms with Crippen molar-refractivity contribution in [2.75, 3.05) is 14.2 Å². The van der Waals surface area contributed by atoms with E-state index in [2.05, 4.69) is 4.98 Å². The van der Waals surface area contributed by atoms with E-state index in [1.54, 1.807) is 0 Å². The number of pyridine rings is 1. The summed E-state index contributed by atoms with van der Waals surface area (Å²) in [6.07, 6.45) is -11.5. The summed E-state index contributed by atoms with van der Waals surface area (Å²) >= 11 is 0. The minimum Gasteiger partial charge on any atom is -0.497 e. The Morgan fingerprint density at radius 2 is 1.57 bits per heavy atom. The predicted molar refractivity (Wildman–Crippen MR) is 94.2 cm³/mol. The fourth-order valence-electron chi connectivity index (χ4n) is 3.35. The number of methoxy groups -OCH3 is 2. The summed E-state index contributed by atoms with van der Waals surface area (Å²) in [6.45, 7) is 0. The van der Waals surface area contributed by atoms with Gasteiger partial charge in [0.05, 0.1) is 30.8 Å². The smallest absolute Gasteiger partial charge is 0.404 e. The zero-order chi connectivity index (χ0) is 22.4. The van der Waals surface area contributed by atoms with E-state index in [9.17, 15) is 36.2 Å². The van der Waals surface area contributed by atoms with E-state index in [0.29, 0.717) is 0 Å². The van der Waals surface area contributed by atoms with E-state index >= 15 is 0 Å². The Morgan fingerprint density at radius 1 is 0.967 bits per heavy atom. The third kappa shape index (κ3) is 3.55. The van der Waals surface area contributed by atoms with Crippen molar-refractivity contribution >= 4 is 27.8 Å². The molecular formula is C19H13F6NO4. The van der Waals surface area contributed by atoms with Gasteiger partial charge in [-0.1, -0.05) is 0 Å². The summed E-state index contributed by atoms with van der Waals surface area (Å²) in [6, 6.07) is 5.98. The molecule has 0 saturated heterocycles. The van der Waals surface area contributed by atoms with Crippen LogP contribution in [0, 0.1) is 0 Å². The molecule has 5 nitrogen and oxygen atoms in total. The average molecular weight is 433 g/mol. The van der Waals surface area contributed by atoms with E-state index in [4.69, 9.17) is 9.47 Å². The lowest BCUT2D eigenvalue weighted by molar-refractivity contribution is -0.253. The SMILES string of the molecule is COc1ccc2nc3ccc(OC)c(C(C(F)(F)F)C(F)(F)F)c3c(C(=O)O)c2c1. The first-order valence-electron chi connectivity index (χ1n) is 8.25. The molecule has 0 spiro atoms. The van der Waals surface area contributed by atoms with Crippen molar-refractivity contribution in [1.82, 2.24) is 4.98 Å². The average Bonchev–Trinajstić information content (AvgIpc) is 2.63. The van der Waals surface area contributed by atoms with Crippen molar-refractivity contribution in [3.8, 4) is 11.5 Å². The third-order valence-corrected chi connectivity index (χ3v) is 4.52. The first kappa shape index (κ1) is 21.5. The van der Waals surface area contributed by atoms with Crippen molar-refractivity contribution in [1.29, 1.82) is 0 Å². The Morgan fingerprint density at radius 3 is 2.07 bits per heavy atom. The summed E-state index contributed by atoms with van der Waals surface area (Å²) in [5.74, 6) is -6.31. The van der Waals surface area contributed by atoms with Crippen molar-refractivity contribution in [2.45, 2.75) is 18.3 Å². The number of nitrogens with zero attached hydrogens (tertiary/aromatic N) is 1. The van der Waals surface area contributed by atoms with Crippen molar-refractivity contribution in [3.05, 3.63) is 41.5 Å². The molecule has 0 bridgehead atoms. The zero-order valence-electron chi connectivity index (χ0n) is 15.4. The molecule has 0 amide bonds. The standard InChI is InChI=1S/C19H13F6NO4/c1-29-8-3-4-10-9(7-8)13(17(27)28)14-11(26-10)5-6-12(30-2)15(14)16(18(20,21)22)19(23,24)25/h3-7,16H,1-2H3,(H,27,28). The van der Waals surface area contributed by atoms with Crippen molar-refractivity contribution in [2.24, 2.45) is 0 Å². The van der Waals surface area contributed by atoms with Crippen LogP contribution >= 0.6 is 0 Å². The predicted octanol–water partition coefficient (Wildman–Crippen LogP) is 5.31. The molecule has 0 atom stereocenters. The van der Waals surface area contributed by atoms with Crippen LogP contribution in [-0.2, 0) is 0 Å². The molecule has 3 rings (SSSR count). The number of carbonyl (C=O) groups is 1. The topological polar surface area (TPSA) is 68.7 Å². The van der Waals surface area contributed by atoms with Gasteiger partial charge in [0.2, 0.25) is 0 Å². The van der Waals surface area contributed by atoms with E-state index in [1.165, 1.54) is 25.3 Å². The van der Waals surface area contributed by atoms with Gasteiger partial charge in [-0.05, 0) is 30.3 Å². The number of fused-ring (bicyclic) bond motifs is 2. The Hall–Kier alpha value is -3.24. The van der Waals surface area contributed by atoms with Gasteiger partial charge in [-0.3, -0.25) is 0 Å². The number of hydrogen-bond acceptors (Lipinski definition) is 4. The molecule has 3 aromatic rings. The van der Waals surface area contributed by atoms with Crippen LogP contribution < -0.4 is 9.47 Å². The van der Waals surface area contributed by atoms with Crippen LogP contribution in [0.25, 0.3) is 21.8 Å². The van der Waals surface area contributed by atoms with Gasteiger partial charge in [-0.25, -0.2) is 9.78 Å². The molecule has 0 aliphatic heterocycles. The molecule has 160 valence electrons. The Kier molecular flexibility index (Phi) is 5.17. The summed E-state index contributed by atoms with van der Waals surface area (Å²) in [7, 11) is 2.17. The van der Waals surface area contributed by atoms with Crippen LogP contribution in [0.2, 0.25) is 0 Å². The Labute approximate surface area is 164 Å². The van der Waals surface area contributed by atoms with Crippen LogP contribution in [0.15, 0.2) is 30.3 Å². The number of aromatic nitrogens is 1.